The van der Waals surface area contributed by atoms with Gasteiger partial charge in [0.05, 0.1) is 11.9 Å². The van der Waals surface area contributed by atoms with E-state index in [0.717, 1.165) is 35.7 Å². The summed E-state index contributed by atoms with van der Waals surface area (Å²) in [6.07, 6.45) is 1.21. The molecule has 0 spiro atoms. The molecule has 1 aliphatic heterocycles. The van der Waals surface area contributed by atoms with Gasteiger partial charge in [-0.1, -0.05) is 0 Å². The van der Waals surface area contributed by atoms with Gasteiger partial charge in [0.1, 0.15) is 16.5 Å². The van der Waals surface area contributed by atoms with Gasteiger partial charge in [-0.15, -0.1) is 11.3 Å². The van der Waals surface area contributed by atoms with Crippen LogP contribution >= 0.6 is 11.3 Å². The number of anilines is 1. The topological polar surface area (TPSA) is 58.3 Å². The van der Waals surface area contributed by atoms with Crippen LogP contribution in [0.2, 0.25) is 0 Å². The average Bonchev–Trinajstić information content (AvgIpc) is 2.97. The Hall–Kier alpha value is -1.24. The third-order valence-corrected chi connectivity index (χ3v) is 4.55. The van der Waals surface area contributed by atoms with E-state index in [4.69, 9.17) is 5.73 Å². The Balaban J connectivity index is 1.75. The third kappa shape index (κ3) is 2.56. The van der Waals surface area contributed by atoms with Crippen LogP contribution in [-0.4, -0.2) is 53.0 Å². The second-order valence-electron chi connectivity index (χ2n) is 5.31. The fourth-order valence-corrected chi connectivity index (χ4v) is 3.36. The molecule has 2 aromatic rings. The van der Waals surface area contributed by atoms with Crippen molar-refractivity contribution in [3.8, 4) is 0 Å². The van der Waals surface area contributed by atoms with E-state index >= 15 is 0 Å². The predicted octanol–water partition coefficient (Wildman–Crippen LogP) is 1.41. The van der Waals surface area contributed by atoms with Crippen molar-refractivity contribution >= 4 is 27.4 Å². The van der Waals surface area contributed by atoms with Crippen molar-refractivity contribution in [2.45, 2.75) is 19.0 Å². The summed E-state index contributed by atoms with van der Waals surface area (Å²) < 4.78 is 0. The summed E-state index contributed by atoms with van der Waals surface area (Å²) in [5.74, 6) is 1.44. The Morgan fingerprint density at radius 3 is 3.05 bits per heavy atom. The molecule has 0 aromatic carbocycles. The quantitative estimate of drug-likeness (QED) is 0.919. The molecule has 2 N–H and O–H groups in total. The van der Waals surface area contributed by atoms with Gasteiger partial charge in [-0.25, -0.2) is 9.97 Å². The van der Waals surface area contributed by atoms with E-state index < -0.39 is 0 Å². The SMILES string of the molecule is CN(C)C1CCN(Cc2nc(N)c3ccsc3n2)C1. The van der Waals surface area contributed by atoms with E-state index in [1.54, 1.807) is 11.3 Å². The molecule has 6 heteroatoms. The number of likely N-dealkylation sites (N-methyl/N-ethyl adjacent to an activating group) is 1. The molecule has 0 bridgehead atoms. The molecule has 0 saturated carbocycles. The Kier molecular flexibility index (Phi) is 3.38. The number of nitrogen functional groups attached to an aromatic ring is 1. The molecule has 0 radical (unpaired) electrons. The summed E-state index contributed by atoms with van der Waals surface area (Å²) in [6, 6.07) is 2.62. The number of thiophene rings is 1. The number of rotatable bonds is 3. The highest BCUT2D eigenvalue weighted by Crippen LogP contribution is 2.24. The highest BCUT2D eigenvalue weighted by Gasteiger charge is 2.24. The lowest BCUT2D eigenvalue weighted by atomic mass is 10.2. The second kappa shape index (κ2) is 5.03. The molecule has 3 rings (SSSR count). The van der Waals surface area contributed by atoms with Gasteiger partial charge in [-0.2, -0.15) is 0 Å². The van der Waals surface area contributed by atoms with Gasteiger partial charge < -0.3 is 10.6 Å². The van der Waals surface area contributed by atoms with Gasteiger partial charge in [-0.3, -0.25) is 4.90 Å². The molecule has 19 heavy (non-hydrogen) atoms. The fraction of sp³-hybridized carbons (Fsp3) is 0.538. The van der Waals surface area contributed by atoms with Crippen LogP contribution in [-0.2, 0) is 6.54 Å². The molecule has 0 amide bonds. The van der Waals surface area contributed by atoms with Gasteiger partial charge >= 0.3 is 0 Å². The lowest BCUT2D eigenvalue weighted by molar-refractivity contribution is 0.261. The maximum Gasteiger partial charge on any atom is 0.146 e. The lowest BCUT2D eigenvalue weighted by Crippen LogP contribution is -2.31. The first-order valence-electron chi connectivity index (χ1n) is 6.52. The molecule has 3 heterocycles. The number of hydrogen-bond acceptors (Lipinski definition) is 6. The zero-order valence-electron chi connectivity index (χ0n) is 11.3. The number of fused-ring (bicyclic) bond motifs is 1. The molecule has 0 aliphatic carbocycles. The van der Waals surface area contributed by atoms with Crippen LogP contribution in [0.15, 0.2) is 11.4 Å². The van der Waals surface area contributed by atoms with Crippen molar-refractivity contribution in [2.75, 3.05) is 32.9 Å². The zero-order chi connectivity index (χ0) is 13.4. The van der Waals surface area contributed by atoms with Gasteiger partial charge in [0, 0.05) is 19.1 Å². The van der Waals surface area contributed by atoms with Crippen molar-refractivity contribution in [1.29, 1.82) is 0 Å². The van der Waals surface area contributed by atoms with Crippen LogP contribution in [0.3, 0.4) is 0 Å². The first kappa shape index (κ1) is 12.8. The Bertz CT molecular complexity index is 579. The second-order valence-corrected chi connectivity index (χ2v) is 6.20. The molecule has 1 atom stereocenters. The molecule has 1 saturated heterocycles. The van der Waals surface area contributed by atoms with Crippen LogP contribution in [0, 0.1) is 0 Å². The maximum atomic E-state index is 5.98. The van der Waals surface area contributed by atoms with Gasteiger partial charge in [0.2, 0.25) is 0 Å². The molecule has 1 aliphatic rings. The summed E-state index contributed by atoms with van der Waals surface area (Å²) in [7, 11) is 4.28. The van der Waals surface area contributed by atoms with Crippen molar-refractivity contribution in [3.63, 3.8) is 0 Å². The highest BCUT2D eigenvalue weighted by molar-refractivity contribution is 7.16. The molecule has 1 fully saturated rings. The normalized spacial score (nSPS) is 20.7. The van der Waals surface area contributed by atoms with Crippen molar-refractivity contribution in [3.05, 3.63) is 17.3 Å². The first-order chi connectivity index (χ1) is 9.13. The molecule has 102 valence electrons. The minimum atomic E-state index is 0.601. The first-order valence-corrected chi connectivity index (χ1v) is 7.40. The summed E-state index contributed by atoms with van der Waals surface area (Å²) in [5.41, 5.74) is 5.98. The van der Waals surface area contributed by atoms with E-state index in [9.17, 15) is 0 Å². The summed E-state index contributed by atoms with van der Waals surface area (Å²) in [5, 5.41) is 2.98. The number of nitrogens with zero attached hydrogens (tertiary/aromatic N) is 4. The molecule has 2 aromatic heterocycles. The standard InChI is InChI=1S/C13H19N5S/c1-17(2)9-3-5-18(7-9)8-11-15-12(14)10-4-6-19-13(10)16-11/h4,6,9H,3,5,7-8H2,1-2H3,(H2,14,15,16). The fourth-order valence-electron chi connectivity index (χ4n) is 2.57. The number of aromatic nitrogens is 2. The summed E-state index contributed by atoms with van der Waals surface area (Å²) >= 11 is 1.62. The van der Waals surface area contributed by atoms with Crippen molar-refractivity contribution in [1.82, 2.24) is 19.8 Å². The molecular weight excluding hydrogens is 258 g/mol. The van der Waals surface area contributed by atoms with E-state index in [-0.39, 0.29) is 0 Å². The van der Waals surface area contributed by atoms with Crippen LogP contribution in [0.25, 0.3) is 10.2 Å². The lowest BCUT2D eigenvalue weighted by Gasteiger charge is -2.19. The number of hydrogen-bond donors (Lipinski definition) is 1. The van der Waals surface area contributed by atoms with E-state index in [2.05, 4.69) is 33.9 Å². The van der Waals surface area contributed by atoms with Crippen molar-refractivity contribution in [2.24, 2.45) is 0 Å². The predicted molar refractivity (Wildman–Crippen MR) is 79.2 cm³/mol. The Morgan fingerprint density at radius 2 is 2.32 bits per heavy atom. The van der Waals surface area contributed by atoms with Crippen LogP contribution in [0.1, 0.15) is 12.2 Å². The average molecular weight is 277 g/mol. The highest BCUT2D eigenvalue weighted by atomic mass is 32.1. The molecular formula is C13H19N5S. The van der Waals surface area contributed by atoms with Gasteiger partial charge in [0.25, 0.3) is 0 Å². The van der Waals surface area contributed by atoms with Crippen LogP contribution in [0.5, 0.6) is 0 Å². The molecule has 5 nitrogen and oxygen atoms in total. The number of likely N-dealkylation sites (tertiary alicyclic amines) is 1. The maximum absolute atomic E-state index is 5.98. The number of nitrogens with two attached hydrogens (primary N) is 1. The minimum Gasteiger partial charge on any atom is -0.383 e. The summed E-state index contributed by atoms with van der Waals surface area (Å²) in [6.45, 7) is 2.98. The largest absolute Gasteiger partial charge is 0.383 e. The Morgan fingerprint density at radius 1 is 1.47 bits per heavy atom. The van der Waals surface area contributed by atoms with E-state index in [0.29, 0.717) is 11.9 Å². The van der Waals surface area contributed by atoms with E-state index in [1.165, 1.54) is 6.42 Å². The third-order valence-electron chi connectivity index (χ3n) is 3.74. The smallest absolute Gasteiger partial charge is 0.146 e. The van der Waals surface area contributed by atoms with E-state index in [1.807, 2.05) is 11.4 Å². The van der Waals surface area contributed by atoms with Gasteiger partial charge in [0.15, 0.2) is 0 Å². The minimum absolute atomic E-state index is 0.601. The summed E-state index contributed by atoms with van der Waals surface area (Å²) in [4.78, 5) is 14.7. The van der Waals surface area contributed by atoms with Crippen molar-refractivity contribution < 1.29 is 0 Å². The zero-order valence-corrected chi connectivity index (χ0v) is 12.2. The van der Waals surface area contributed by atoms with Gasteiger partial charge in [-0.05, 0) is 32.0 Å². The van der Waals surface area contributed by atoms with Crippen LogP contribution in [0.4, 0.5) is 5.82 Å². The van der Waals surface area contributed by atoms with Crippen LogP contribution < -0.4 is 5.73 Å². The monoisotopic (exact) mass is 277 g/mol. The Labute approximate surface area is 117 Å². The molecule has 1 unspecified atom stereocenters.